The standard InChI is InChI=1S/C34H46FN6O2/c1-22-33(31(36)37)19-24(32(33,2)3)20-34(22,39(4)5)41(15-7-8-16-41)25-10-12-27-29(17-25)38-21-40(30(27)42)14-13-23-9-11-26(43-6)18-28(23)35/h9-12,17-18,21-22,24H,7-8,13-16,19-20H2,1-6H3,(H3,36,37)/q+1/t22-,24+,33+,34-/m0/s1. The zero-order chi connectivity index (χ0) is 30.9. The van der Waals surface area contributed by atoms with E-state index >= 15 is 0 Å². The molecule has 4 fully saturated rings. The first-order valence-electron chi connectivity index (χ1n) is 15.6. The van der Waals surface area contributed by atoms with Gasteiger partial charge in [0.05, 0.1) is 43.3 Å². The quantitative estimate of drug-likeness (QED) is 0.215. The van der Waals surface area contributed by atoms with Crippen molar-refractivity contribution >= 4 is 22.4 Å². The Morgan fingerprint density at radius 2 is 1.91 bits per heavy atom. The lowest BCUT2D eigenvalue weighted by atomic mass is 9.33. The minimum Gasteiger partial charge on any atom is -0.497 e. The van der Waals surface area contributed by atoms with Gasteiger partial charge >= 0.3 is 0 Å². The summed E-state index contributed by atoms with van der Waals surface area (Å²) in [6.45, 7) is 9.28. The lowest BCUT2D eigenvalue weighted by molar-refractivity contribution is -0.247. The second-order valence-electron chi connectivity index (χ2n) is 14.0. The predicted molar refractivity (Wildman–Crippen MR) is 170 cm³/mol. The van der Waals surface area contributed by atoms with Crippen molar-refractivity contribution in [2.24, 2.45) is 28.4 Å². The molecule has 2 bridgehead atoms. The van der Waals surface area contributed by atoms with Crippen LogP contribution in [0.2, 0.25) is 0 Å². The molecule has 2 aromatic carbocycles. The third kappa shape index (κ3) is 3.89. The molecule has 8 nitrogen and oxygen atoms in total. The number of rotatable bonds is 8. The summed E-state index contributed by atoms with van der Waals surface area (Å²) in [6, 6.07) is 11.0. The Kier molecular flexibility index (Phi) is 7.01. The summed E-state index contributed by atoms with van der Waals surface area (Å²) in [7, 11) is 5.91. The molecule has 0 radical (unpaired) electrons. The average molecular weight is 590 g/mol. The van der Waals surface area contributed by atoms with E-state index in [1.807, 2.05) is 6.07 Å². The van der Waals surface area contributed by atoms with E-state index < -0.39 is 0 Å². The smallest absolute Gasteiger partial charge is 0.261 e. The van der Waals surface area contributed by atoms with Crippen molar-refractivity contribution in [3.63, 3.8) is 0 Å². The summed E-state index contributed by atoms with van der Waals surface area (Å²) in [4.78, 5) is 20.8. The van der Waals surface area contributed by atoms with E-state index in [1.165, 1.54) is 18.9 Å². The number of likely N-dealkylation sites (tertiary alicyclic amines) is 1. The van der Waals surface area contributed by atoms with E-state index in [1.54, 1.807) is 23.0 Å². The molecule has 1 aliphatic heterocycles. The highest BCUT2D eigenvalue weighted by Crippen LogP contribution is 2.74. The topological polar surface area (TPSA) is 97.2 Å². The number of nitrogens with zero attached hydrogens (tertiary/aromatic N) is 4. The Bertz CT molecular complexity index is 1640. The number of hydrogen-bond donors (Lipinski definition) is 2. The molecule has 9 heteroatoms. The number of fused-ring (bicyclic) bond motifs is 3. The molecule has 4 atom stereocenters. The molecular weight excluding hydrogens is 543 g/mol. The van der Waals surface area contributed by atoms with Crippen LogP contribution in [0.15, 0.2) is 47.5 Å². The molecule has 3 aromatic rings. The van der Waals surface area contributed by atoms with Gasteiger partial charge in [0.25, 0.3) is 5.56 Å². The number of nitrogens with one attached hydrogen (secondary N) is 1. The normalized spacial score (nSPS) is 29.0. The van der Waals surface area contributed by atoms with Gasteiger partial charge in [0.2, 0.25) is 0 Å². The van der Waals surface area contributed by atoms with Crippen LogP contribution in [-0.2, 0) is 13.0 Å². The van der Waals surface area contributed by atoms with Gasteiger partial charge in [-0.15, -0.1) is 0 Å². The van der Waals surface area contributed by atoms with Gasteiger partial charge in [-0.05, 0) is 56.0 Å². The third-order valence-corrected chi connectivity index (χ3v) is 12.2. The molecule has 3 saturated carbocycles. The van der Waals surface area contributed by atoms with Crippen LogP contribution in [0.1, 0.15) is 52.0 Å². The second kappa shape index (κ2) is 10.1. The van der Waals surface area contributed by atoms with Gasteiger partial charge in [0.1, 0.15) is 17.3 Å². The number of quaternary nitrogens is 1. The molecule has 3 aliphatic carbocycles. The Balaban J connectivity index is 1.39. The fraction of sp³-hybridized carbons (Fsp3) is 0.559. The lowest BCUT2D eigenvalue weighted by Gasteiger charge is -2.75. The van der Waals surface area contributed by atoms with Gasteiger partial charge in [-0.3, -0.25) is 24.2 Å². The molecule has 1 saturated heterocycles. The number of amidine groups is 1. The number of benzene rings is 2. The summed E-state index contributed by atoms with van der Waals surface area (Å²) < 4.78 is 22.0. The van der Waals surface area contributed by atoms with Gasteiger partial charge in [0.15, 0.2) is 5.66 Å². The highest BCUT2D eigenvalue weighted by Gasteiger charge is 2.78. The fourth-order valence-corrected chi connectivity index (χ4v) is 9.74. The molecule has 7 rings (SSSR count). The minimum atomic E-state index is -0.347. The Morgan fingerprint density at radius 1 is 1.19 bits per heavy atom. The molecule has 0 spiro atoms. The van der Waals surface area contributed by atoms with E-state index in [2.05, 4.69) is 51.9 Å². The van der Waals surface area contributed by atoms with E-state index in [0.717, 1.165) is 43.3 Å². The van der Waals surface area contributed by atoms with Crippen LogP contribution < -0.4 is 20.5 Å². The number of nitrogens with two attached hydrogens (primary N) is 1. The lowest BCUT2D eigenvalue weighted by Crippen LogP contribution is -2.84. The van der Waals surface area contributed by atoms with Crippen LogP contribution in [0.4, 0.5) is 10.1 Å². The second-order valence-corrected chi connectivity index (χ2v) is 14.0. The average Bonchev–Trinajstić information content (AvgIpc) is 3.48. The van der Waals surface area contributed by atoms with E-state index in [9.17, 15) is 9.18 Å². The van der Waals surface area contributed by atoms with Crippen molar-refractivity contribution < 1.29 is 9.13 Å². The van der Waals surface area contributed by atoms with Crippen LogP contribution in [-0.4, -0.2) is 60.2 Å². The van der Waals surface area contributed by atoms with Gasteiger partial charge < -0.3 is 10.5 Å². The largest absolute Gasteiger partial charge is 0.497 e. The first-order valence-corrected chi connectivity index (χ1v) is 15.6. The van der Waals surface area contributed by atoms with Crippen molar-refractivity contribution in [2.45, 2.75) is 65.1 Å². The number of aromatic nitrogens is 2. The minimum absolute atomic E-state index is 0.0216. The monoisotopic (exact) mass is 589 g/mol. The van der Waals surface area contributed by atoms with Crippen molar-refractivity contribution in [2.75, 3.05) is 34.3 Å². The third-order valence-electron chi connectivity index (χ3n) is 12.2. The molecule has 1 aromatic heterocycles. The van der Waals surface area contributed by atoms with Gasteiger partial charge in [-0.1, -0.05) is 26.8 Å². The number of hydrogen-bond acceptors (Lipinski definition) is 5. The molecule has 230 valence electrons. The fourth-order valence-electron chi connectivity index (χ4n) is 9.74. The number of aryl methyl sites for hydroxylation is 2. The summed E-state index contributed by atoms with van der Waals surface area (Å²) in [6.07, 6.45) is 6.23. The summed E-state index contributed by atoms with van der Waals surface area (Å²) in [5.41, 5.74) is 8.14. The van der Waals surface area contributed by atoms with E-state index in [-0.39, 0.29) is 33.8 Å². The molecule has 0 amide bonds. The van der Waals surface area contributed by atoms with Crippen molar-refractivity contribution in [3.8, 4) is 5.75 Å². The first-order chi connectivity index (χ1) is 20.4. The SMILES string of the molecule is COc1ccc(CCn2cnc3cc([N+]4([C@@]5(N(C)C)C[C@H]6C[C@](C(=N)N)([C@@H]5C)C6(C)C)CCCC4)ccc3c2=O)c(F)c1. The molecule has 0 unspecified atom stereocenters. The first kappa shape index (κ1) is 29.8. The van der Waals surface area contributed by atoms with Gasteiger partial charge in [0, 0.05) is 55.3 Å². The summed E-state index contributed by atoms with van der Waals surface area (Å²) in [5, 5.41) is 9.38. The van der Waals surface area contributed by atoms with Crippen LogP contribution >= 0.6 is 0 Å². The Labute approximate surface area is 253 Å². The van der Waals surface area contributed by atoms with Crippen LogP contribution in [0, 0.1) is 33.9 Å². The van der Waals surface area contributed by atoms with Crippen LogP contribution in [0.3, 0.4) is 0 Å². The zero-order valence-corrected chi connectivity index (χ0v) is 26.4. The van der Waals surface area contributed by atoms with Crippen molar-refractivity contribution in [1.82, 2.24) is 18.9 Å². The highest BCUT2D eigenvalue weighted by molar-refractivity contribution is 5.87. The maximum atomic E-state index is 14.5. The van der Waals surface area contributed by atoms with E-state index in [0.29, 0.717) is 46.9 Å². The van der Waals surface area contributed by atoms with Crippen molar-refractivity contribution in [1.29, 1.82) is 5.41 Å². The zero-order valence-electron chi connectivity index (χ0n) is 26.4. The van der Waals surface area contributed by atoms with Gasteiger partial charge in [-0.2, -0.15) is 0 Å². The molecule has 3 N–H and O–H groups in total. The van der Waals surface area contributed by atoms with Crippen molar-refractivity contribution in [3.05, 3.63) is 64.5 Å². The number of halogens is 1. The number of ether oxygens (including phenoxy) is 1. The predicted octanol–water partition coefficient (Wildman–Crippen LogP) is 5.15. The number of methoxy groups -OCH3 is 1. The summed E-state index contributed by atoms with van der Waals surface area (Å²) in [5.74, 6) is 1.08. The van der Waals surface area contributed by atoms with Crippen LogP contribution in [0.5, 0.6) is 5.75 Å². The Hall–Kier alpha value is -3.30. The summed E-state index contributed by atoms with van der Waals surface area (Å²) >= 11 is 0. The highest BCUT2D eigenvalue weighted by atomic mass is 19.1. The van der Waals surface area contributed by atoms with E-state index in [4.69, 9.17) is 20.9 Å². The van der Waals surface area contributed by atoms with Gasteiger partial charge in [-0.25, -0.2) is 9.37 Å². The Morgan fingerprint density at radius 3 is 2.51 bits per heavy atom. The molecule has 4 aliphatic rings. The van der Waals surface area contributed by atoms with Crippen LogP contribution in [0.25, 0.3) is 10.9 Å². The molecular formula is C34H46FN6O2+. The maximum absolute atomic E-state index is 14.5. The molecule has 43 heavy (non-hydrogen) atoms. The maximum Gasteiger partial charge on any atom is 0.261 e. The molecule has 2 heterocycles.